The molecule has 3 aromatic heterocycles. The summed E-state index contributed by atoms with van der Waals surface area (Å²) >= 11 is 0. The first-order valence-electron chi connectivity index (χ1n) is 12.7. The molecule has 0 fully saturated rings. The van der Waals surface area contributed by atoms with Crippen molar-refractivity contribution in [2.24, 2.45) is 0 Å². The molecule has 0 spiro atoms. The van der Waals surface area contributed by atoms with Gasteiger partial charge in [-0.25, -0.2) is 22.2 Å². The first kappa shape index (κ1) is 27.8. The largest absolute Gasteiger partial charge is 0.416 e. The molecule has 13 heteroatoms. The van der Waals surface area contributed by atoms with Gasteiger partial charge in [0, 0.05) is 60.0 Å². The van der Waals surface area contributed by atoms with E-state index < -0.39 is 55.6 Å². The van der Waals surface area contributed by atoms with E-state index in [-0.39, 0.29) is 25.1 Å². The summed E-state index contributed by atoms with van der Waals surface area (Å²) in [4.78, 5) is 8.12. The van der Waals surface area contributed by atoms with Crippen molar-refractivity contribution < 1.29 is 35.5 Å². The van der Waals surface area contributed by atoms with Gasteiger partial charge in [-0.2, -0.15) is 13.2 Å². The molecule has 0 radical (unpaired) electrons. The highest BCUT2D eigenvalue weighted by Crippen LogP contribution is 2.39. The number of sulfonamides is 1. The summed E-state index contributed by atoms with van der Waals surface area (Å²) in [5.74, 6) is -2.41. The lowest BCUT2D eigenvalue weighted by Gasteiger charge is -2.26. The Morgan fingerprint density at radius 1 is 0.952 bits per heavy atom. The molecule has 0 saturated heterocycles. The number of alkyl halides is 3. The molecule has 7 nitrogen and oxygen atoms in total. The second-order valence-corrected chi connectivity index (χ2v) is 11.6. The molecule has 42 heavy (non-hydrogen) atoms. The number of hydrogen-bond donors (Lipinski definition) is 1. The van der Waals surface area contributed by atoms with E-state index in [1.165, 1.54) is 6.20 Å². The molecule has 216 valence electrons. The molecule has 1 unspecified atom stereocenters. The molecule has 0 saturated carbocycles. The number of aromatic nitrogens is 3. The Morgan fingerprint density at radius 3 is 2.40 bits per heavy atom. The quantitative estimate of drug-likeness (QED) is 0.254. The highest BCUT2D eigenvalue weighted by Gasteiger charge is 2.34. The van der Waals surface area contributed by atoms with Crippen molar-refractivity contribution >= 4 is 26.7 Å². The van der Waals surface area contributed by atoms with Crippen LogP contribution in [0.15, 0.2) is 84.3 Å². The molecule has 2 aromatic carbocycles. The third-order valence-corrected chi connectivity index (χ3v) is 9.04. The molecule has 0 aliphatic carbocycles. The van der Waals surface area contributed by atoms with Crippen LogP contribution in [0.4, 0.5) is 27.6 Å². The Kier molecular flexibility index (Phi) is 6.73. The normalized spacial score (nSPS) is 16.0. The lowest BCUT2D eigenvalue weighted by molar-refractivity contribution is -0.137. The number of benzene rings is 2. The van der Waals surface area contributed by atoms with E-state index in [2.05, 4.69) is 9.97 Å². The highest BCUT2D eigenvalue weighted by molar-refractivity contribution is 7.92. The molecule has 0 amide bonds. The number of aliphatic hydroxyl groups excluding tert-OH is 1. The topological polar surface area (TPSA) is 88.3 Å². The number of nitrogens with zero attached hydrogens (tertiary/aromatic N) is 4. The Balaban J connectivity index is 1.49. The molecule has 1 aliphatic heterocycles. The molecular formula is C29H21F5N4O3S. The van der Waals surface area contributed by atoms with Crippen molar-refractivity contribution in [3.05, 3.63) is 108 Å². The lowest BCUT2D eigenvalue weighted by Crippen LogP contribution is -2.33. The maximum absolute atomic E-state index is 16.1. The maximum Gasteiger partial charge on any atom is 0.416 e. The number of rotatable bonds is 3. The average molecular weight is 601 g/mol. The number of fused-ring (bicyclic) bond motifs is 7. The minimum absolute atomic E-state index is 0.122. The molecule has 4 heterocycles. The summed E-state index contributed by atoms with van der Waals surface area (Å²) in [6, 6.07) is 9.89. The van der Waals surface area contributed by atoms with Crippen LogP contribution in [0.5, 0.6) is 0 Å². The average Bonchev–Trinajstić information content (AvgIpc) is 3.33. The van der Waals surface area contributed by atoms with Crippen LogP contribution in [-0.4, -0.2) is 34.6 Å². The van der Waals surface area contributed by atoms with Gasteiger partial charge in [0.25, 0.3) is 10.0 Å². The van der Waals surface area contributed by atoms with Gasteiger partial charge in [-0.05, 0) is 55.0 Å². The lowest BCUT2D eigenvalue weighted by atomic mass is 9.98. The fourth-order valence-electron chi connectivity index (χ4n) is 5.13. The van der Waals surface area contributed by atoms with Gasteiger partial charge in [-0.3, -0.25) is 9.29 Å². The minimum Gasteiger partial charge on any atom is -0.383 e. The van der Waals surface area contributed by atoms with Crippen molar-refractivity contribution in [2.45, 2.75) is 30.1 Å². The SMILES string of the molecule is O=S(=O)(c1ccc(C(F)(F)F)cc1)N1CCCn2cc(c3cc(-c4cccnc4)cnc32)C(O)c2c(F)ccc1c2F. The molecular weight excluding hydrogens is 579 g/mol. The third kappa shape index (κ3) is 4.68. The Morgan fingerprint density at radius 2 is 1.71 bits per heavy atom. The number of anilines is 1. The molecule has 4 bridgehead atoms. The van der Waals surface area contributed by atoms with Crippen LogP contribution >= 0.6 is 0 Å². The van der Waals surface area contributed by atoms with Gasteiger partial charge in [0.05, 0.1) is 21.7 Å². The monoisotopic (exact) mass is 600 g/mol. The second kappa shape index (κ2) is 10.2. The van der Waals surface area contributed by atoms with Crippen molar-refractivity contribution in [3.63, 3.8) is 0 Å². The van der Waals surface area contributed by atoms with E-state index in [4.69, 9.17) is 0 Å². The van der Waals surface area contributed by atoms with Crippen molar-refractivity contribution in [1.82, 2.24) is 14.5 Å². The standard InChI is InChI=1S/C29H21F5N4O3S/c30-23-8-9-24-26(31)25(23)27(39)22-16-37(28-21(22)13-18(15-36-28)17-3-1-10-35-14-17)11-2-12-38(24)42(40,41)20-6-4-19(5-7-20)29(32,33)34/h1,3-10,13-16,27,39H,2,11-12H2. The predicted molar refractivity (Wildman–Crippen MR) is 144 cm³/mol. The van der Waals surface area contributed by atoms with Crippen LogP contribution in [0, 0.1) is 11.6 Å². The zero-order chi connectivity index (χ0) is 29.8. The summed E-state index contributed by atoms with van der Waals surface area (Å²) in [6.07, 6.45) is -0.0363. The van der Waals surface area contributed by atoms with E-state index in [1.807, 2.05) is 6.07 Å². The predicted octanol–water partition coefficient (Wildman–Crippen LogP) is 6.08. The van der Waals surface area contributed by atoms with Crippen LogP contribution in [0.25, 0.3) is 22.2 Å². The summed E-state index contributed by atoms with van der Waals surface area (Å²) in [5.41, 5.74) is -0.383. The number of pyridine rings is 2. The van der Waals surface area contributed by atoms with Crippen molar-refractivity contribution in [1.29, 1.82) is 0 Å². The van der Waals surface area contributed by atoms with E-state index in [0.717, 1.165) is 29.8 Å². The summed E-state index contributed by atoms with van der Waals surface area (Å²) in [5, 5.41) is 11.8. The fraction of sp³-hybridized carbons (Fsp3) is 0.172. The van der Waals surface area contributed by atoms with Crippen LogP contribution in [0.1, 0.15) is 29.2 Å². The smallest absolute Gasteiger partial charge is 0.383 e. The molecule has 5 aromatic rings. The Hall–Kier alpha value is -4.36. The molecule has 1 atom stereocenters. The maximum atomic E-state index is 16.1. The van der Waals surface area contributed by atoms with Crippen molar-refractivity contribution in [3.8, 4) is 11.1 Å². The van der Waals surface area contributed by atoms with Gasteiger partial charge < -0.3 is 9.67 Å². The van der Waals surface area contributed by atoms with Gasteiger partial charge in [0.15, 0.2) is 5.82 Å². The van der Waals surface area contributed by atoms with Gasteiger partial charge >= 0.3 is 6.18 Å². The van der Waals surface area contributed by atoms with Crippen LogP contribution in [0.2, 0.25) is 0 Å². The fourth-order valence-corrected chi connectivity index (χ4v) is 6.64. The summed E-state index contributed by atoms with van der Waals surface area (Å²) < 4.78 is 100. The van der Waals surface area contributed by atoms with E-state index in [0.29, 0.717) is 33.0 Å². The second-order valence-electron chi connectivity index (χ2n) is 9.76. The van der Waals surface area contributed by atoms with Gasteiger partial charge in [0.1, 0.15) is 17.6 Å². The van der Waals surface area contributed by atoms with E-state index >= 15 is 8.78 Å². The third-order valence-electron chi connectivity index (χ3n) is 7.21. The van der Waals surface area contributed by atoms with Crippen LogP contribution < -0.4 is 4.31 Å². The summed E-state index contributed by atoms with van der Waals surface area (Å²) in [7, 11) is -4.60. The summed E-state index contributed by atoms with van der Waals surface area (Å²) in [6.45, 7) is -0.119. The zero-order valence-corrected chi connectivity index (χ0v) is 22.4. The minimum atomic E-state index is -4.68. The van der Waals surface area contributed by atoms with E-state index in [9.17, 15) is 26.7 Å². The number of aryl methyl sites for hydroxylation is 1. The number of aliphatic hydroxyl groups is 1. The zero-order valence-electron chi connectivity index (χ0n) is 21.6. The van der Waals surface area contributed by atoms with Gasteiger partial charge in [-0.15, -0.1) is 0 Å². The van der Waals surface area contributed by atoms with Crippen LogP contribution in [0.3, 0.4) is 0 Å². The molecule has 1 N–H and O–H groups in total. The number of halogens is 5. The van der Waals surface area contributed by atoms with Crippen molar-refractivity contribution in [2.75, 3.05) is 10.8 Å². The number of hydrogen-bond acceptors (Lipinski definition) is 5. The first-order valence-corrected chi connectivity index (χ1v) is 14.2. The highest BCUT2D eigenvalue weighted by atomic mass is 32.2. The van der Waals surface area contributed by atoms with Gasteiger partial charge in [-0.1, -0.05) is 6.07 Å². The molecule has 1 aliphatic rings. The van der Waals surface area contributed by atoms with Crippen LogP contribution in [-0.2, 0) is 22.7 Å². The Labute approximate surface area is 236 Å². The molecule has 6 rings (SSSR count). The van der Waals surface area contributed by atoms with E-state index in [1.54, 1.807) is 35.3 Å². The Bertz CT molecular complexity index is 1910. The first-order chi connectivity index (χ1) is 20.0. The van der Waals surface area contributed by atoms with Gasteiger partial charge in [0.2, 0.25) is 0 Å².